The molecule has 0 aliphatic carbocycles. The van der Waals surface area contributed by atoms with Gasteiger partial charge in [-0.2, -0.15) is 5.26 Å². The van der Waals surface area contributed by atoms with Gasteiger partial charge in [-0.25, -0.2) is 4.79 Å². The molecule has 0 bridgehead atoms. The van der Waals surface area contributed by atoms with Gasteiger partial charge < -0.3 is 14.8 Å². The van der Waals surface area contributed by atoms with Crippen LogP contribution >= 0.6 is 15.9 Å². The Kier molecular flexibility index (Phi) is 7.15. The van der Waals surface area contributed by atoms with E-state index in [1.807, 2.05) is 6.07 Å². The van der Waals surface area contributed by atoms with E-state index in [0.717, 1.165) is 4.47 Å². The van der Waals surface area contributed by atoms with Gasteiger partial charge >= 0.3 is 5.97 Å². The van der Waals surface area contributed by atoms with Crippen LogP contribution in [0.1, 0.15) is 22.8 Å². The highest BCUT2D eigenvalue weighted by molar-refractivity contribution is 9.10. The molecule has 2 aromatic carbocycles. The van der Waals surface area contributed by atoms with Gasteiger partial charge in [0.15, 0.2) is 0 Å². The van der Waals surface area contributed by atoms with Gasteiger partial charge in [0.05, 0.1) is 19.3 Å². The minimum atomic E-state index is -0.566. The molecular formula is C20H17BrN2O4. The van der Waals surface area contributed by atoms with Crippen LogP contribution in [0.2, 0.25) is 0 Å². The number of ether oxygens (including phenoxy) is 2. The molecule has 0 saturated heterocycles. The molecule has 0 saturated carbocycles. The Labute approximate surface area is 165 Å². The maximum Gasteiger partial charge on any atom is 0.338 e. The molecule has 7 heteroatoms. The average molecular weight is 429 g/mol. The van der Waals surface area contributed by atoms with Crippen molar-refractivity contribution in [2.75, 3.05) is 19.0 Å². The number of carbonyl (C=O) groups is 2. The number of carbonyl (C=O) groups excluding carboxylic acids is 2. The zero-order chi connectivity index (χ0) is 19.8. The molecule has 138 valence electrons. The molecule has 0 spiro atoms. The molecule has 0 aliphatic heterocycles. The second kappa shape index (κ2) is 9.55. The lowest BCUT2D eigenvalue weighted by Gasteiger charge is -2.08. The minimum absolute atomic E-state index is 0.0825. The summed E-state index contributed by atoms with van der Waals surface area (Å²) in [6.45, 7) is 2.01. The summed E-state index contributed by atoms with van der Waals surface area (Å²) in [4.78, 5) is 24.1. The van der Waals surface area contributed by atoms with Crippen LogP contribution in [0.3, 0.4) is 0 Å². The van der Waals surface area contributed by atoms with Crippen molar-refractivity contribution in [1.29, 1.82) is 5.26 Å². The van der Waals surface area contributed by atoms with E-state index in [1.54, 1.807) is 49.4 Å². The zero-order valence-electron chi connectivity index (χ0n) is 14.8. The molecule has 0 atom stereocenters. The Morgan fingerprint density at radius 1 is 1.22 bits per heavy atom. The van der Waals surface area contributed by atoms with Crippen molar-refractivity contribution in [2.45, 2.75) is 6.92 Å². The number of halogens is 1. The monoisotopic (exact) mass is 428 g/mol. The van der Waals surface area contributed by atoms with E-state index in [0.29, 0.717) is 22.6 Å². The van der Waals surface area contributed by atoms with Crippen LogP contribution in [-0.4, -0.2) is 25.6 Å². The van der Waals surface area contributed by atoms with Crippen LogP contribution in [0.25, 0.3) is 6.08 Å². The minimum Gasteiger partial charge on any atom is -0.496 e. The van der Waals surface area contributed by atoms with Gasteiger partial charge in [-0.1, -0.05) is 15.9 Å². The summed E-state index contributed by atoms with van der Waals surface area (Å²) < 4.78 is 11.0. The number of methoxy groups -OCH3 is 1. The summed E-state index contributed by atoms with van der Waals surface area (Å²) in [6.07, 6.45) is 1.45. The third-order valence-corrected chi connectivity index (χ3v) is 4.00. The van der Waals surface area contributed by atoms with E-state index in [-0.39, 0.29) is 12.2 Å². The number of rotatable bonds is 6. The van der Waals surface area contributed by atoms with E-state index in [4.69, 9.17) is 9.47 Å². The van der Waals surface area contributed by atoms with E-state index < -0.39 is 11.9 Å². The van der Waals surface area contributed by atoms with Crippen LogP contribution in [-0.2, 0) is 9.53 Å². The molecule has 0 radical (unpaired) electrons. The number of nitriles is 1. The number of amides is 1. The van der Waals surface area contributed by atoms with E-state index in [2.05, 4.69) is 21.2 Å². The standard InChI is InChI=1S/C20H17BrN2O4/c1-3-27-20(25)13-4-7-17(8-5-13)23-19(24)15(12-22)10-14-11-16(21)6-9-18(14)26-2/h4-11H,3H2,1-2H3,(H,23,24)/b15-10+. The molecule has 27 heavy (non-hydrogen) atoms. The van der Waals surface area contributed by atoms with Gasteiger partial charge in [0.2, 0.25) is 0 Å². The second-order valence-electron chi connectivity index (χ2n) is 5.31. The number of anilines is 1. The zero-order valence-corrected chi connectivity index (χ0v) is 16.4. The Balaban J connectivity index is 2.19. The first-order chi connectivity index (χ1) is 13.0. The molecule has 2 aromatic rings. The van der Waals surface area contributed by atoms with E-state index in [9.17, 15) is 14.9 Å². The van der Waals surface area contributed by atoms with Crippen molar-refractivity contribution in [3.63, 3.8) is 0 Å². The topological polar surface area (TPSA) is 88.4 Å². The first-order valence-electron chi connectivity index (χ1n) is 8.02. The van der Waals surface area contributed by atoms with Crippen molar-refractivity contribution >= 4 is 39.6 Å². The fourth-order valence-corrected chi connectivity index (χ4v) is 2.60. The van der Waals surface area contributed by atoms with E-state index in [1.165, 1.54) is 13.2 Å². The first-order valence-corrected chi connectivity index (χ1v) is 8.81. The van der Waals surface area contributed by atoms with Crippen molar-refractivity contribution in [1.82, 2.24) is 0 Å². The molecule has 6 nitrogen and oxygen atoms in total. The summed E-state index contributed by atoms with van der Waals surface area (Å²) >= 11 is 3.35. The SMILES string of the molecule is CCOC(=O)c1ccc(NC(=O)/C(C#N)=C/c2cc(Br)ccc2OC)cc1. The number of benzene rings is 2. The quantitative estimate of drug-likeness (QED) is 0.423. The molecule has 0 aliphatic rings. The maximum atomic E-state index is 12.4. The van der Waals surface area contributed by atoms with Crippen LogP contribution in [0.15, 0.2) is 52.5 Å². The summed E-state index contributed by atoms with van der Waals surface area (Å²) in [5.74, 6) is -0.462. The van der Waals surface area contributed by atoms with Crippen molar-refractivity contribution in [2.24, 2.45) is 0 Å². The number of nitrogens with one attached hydrogen (secondary N) is 1. The predicted octanol–water partition coefficient (Wildman–Crippen LogP) is 4.18. The highest BCUT2D eigenvalue weighted by atomic mass is 79.9. The molecule has 1 N–H and O–H groups in total. The average Bonchev–Trinajstić information content (AvgIpc) is 2.66. The first kappa shape index (κ1) is 20.2. The van der Waals surface area contributed by atoms with Gasteiger partial charge in [0.25, 0.3) is 5.91 Å². The lowest BCUT2D eigenvalue weighted by Crippen LogP contribution is -2.13. The van der Waals surface area contributed by atoms with Crippen LogP contribution in [0.5, 0.6) is 5.75 Å². The highest BCUT2D eigenvalue weighted by Gasteiger charge is 2.12. The third-order valence-electron chi connectivity index (χ3n) is 3.51. The largest absolute Gasteiger partial charge is 0.496 e. The Morgan fingerprint density at radius 3 is 2.52 bits per heavy atom. The molecule has 2 rings (SSSR count). The van der Waals surface area contributed by atoms with Gasteiger partial charge in [-0.15, -0.1) is 0 Å². The normalized spacial score (nSPS) is 10.7. The van der Waals surface area contributed by atoms with Crippen molar-refractivity contribution in [3.05, 3.63) is 63.6 Å². The number of hydrogen-bond acceptors (Lipinski definition) is 5. The summed E-state index contributed by atoms with van der Waals surface area (Å²) in [7, 11) is 1.51. The fourth-order valence-electron chi connectivity index (χ4n) is 2.22. The number of nitrogens with zero attached hydrogens (tertiary/aromatic N) is 1. The maximum absolute atomic E-state index is 12.4. The van der Waals surface area contributed by atoms with Gasteiger partial charge in [0, 0.05) is 15.7 Å². The van der Waals surface area contributed by atoms with Crippen molar-refractivity contribution in [3.8, 4) is 11.8 Å². The van der Waals surface area contributed by atoms with Gasteiger partial charge in [-0.3, -0.25) is 4.79 Å². The van der Waals surface area contributed by atoms with Crippen LogP contribution < -0.4 is 10.1 Å². The summed E-state index contributed by atoms with van der Waals surface area (Å²) in [5, 5.41) is 12.0. The lowest BCUT2D eigenvalue weighted by molar-refractivity contribution is -0.112. The van der Waals surface area contributed by atoms with Crippen molar-refractivity contribution < 1.29 is 19.1 Å². The summed E-state index contributed by atoms with van der Waals surface area (Å²) in [6, 6.07) is 13.4. The highest BCUT2D eigenvalue weighted by Crippen LogP contribution is 2.25. The summed E-state index contributed by atoms with van der Waals surface area (Å²) in [5.41, 5.74) is 1.34. The predicted molar refractivity (Wildman–Crippen MR) is 105 cm³/mol. The smallest absolute Gasteiger partial charge is 0.338 e. The molecule has 0 fully saturated rings. The Morgan fingerprint density at radius 2 is 1.93 bits per heavy atom. The van der Waals surface area contributed by atoms with E-state index >= 15 is 0 Å². The molecular weight excluding hydrogens is 412 g/mol. The van der Waals surface area contributed by atoms with Crippen LogP contribution in [0, 0.1) is 11.3 Å². The van der Waals surface area contributed by atoms with Crippen LogP contribution in [0.4, 0.5) is 5.69 Å². The molecule has 0 unspecified atom stereocenters. The Hall–Kier alpha value is -3.11. The molecule has 0 heterocycles. The molecule has 0 aromatic heterocycles. The Bertz CT molecular complexity index is 915. The second-order valence-corrected chi connectivity index (χ2v) is 6.22. The van der Waals surface area contributed by atoms with Gasteiger partial charge in [0.1, 0.15) is 17.4 Å². The number of esters is 1. The number of hydrogen-bond donors (Lipinski definition) is 1. The van der Waals surface area contributed by atoms with Gasteiger partial charge in [-0.05, 0) is 55.5 Å². The molecule has 1 amide bonds. The third kappa shape index (κ3) is 5.43. The lowest BCUT2D eigenvalue weighted by atomic mass is 10.1. The fraction of sp³-hybridized carbons (Fsp3) is 0.150.